The molecule has 15 heteroatoms. The van der Waals surface area contributed by atoms with Crippen molar-refractivity contribution in [3.63, 3.8) is 0 Å². The second kappa shape index (κ2) is 12.4. The zero-order chi connectivity index (χ0) is 28.1. The van der Waals surface area contributed by atoms with Crippen molar-refractivity contribution in [3.05, 3.63) is 101 Å². The van der Waals surface area contributed by atoms with Crippen molar-refractivity contribution >= 4 is 60.2 Å². The average Bonchev–Trinajstić information content (AvgIpc) is 2.88. The fourth-order valence-corrected chi connectivity index (χ4v) is 5.67. The number of hydrogen-bond donors (Lipinski definition) is 5. The Labute approximate surface area is 282 Å². The van der Waals surface area contributed by atoms with Gasteiger partial charge in [-0.1, -0.05) is 42.5 Å². The summed E-state index contributed by atoms with van der Waals surface area (Å²) in [4.78, 5) is 25.4. The van der Waals surface area contributed by atoms with Crippen LogP contribution in [0.3, 0.4) is 0 Å². The van der Waals surface area contributed by atoms with Gasteiger partial charge in [-0.15, -0.1) is 0 Å². The molecule has 0 unspecified atom stereocenters. The van der Waals surface area contributed by atoms with Crippen LogP contribution in [0.2, 0.25) is 0 Å². The van der Waals surface area contributed by atoms with Crippen molar-refractivity contribution in [2.24, 2.45) is 0 Å². The summed E-state index contributed by atoms with van der Waals surface area (Å²) in [6.07, 6.45) is 0. The number of anilines is 5. The van der Waals surface area contributed by atoms with Gasteiger partial charge in [0, 0.05) is 22.5 Å². The molecule has 0 spiro atoms. The number of benzene rings is 4. The molecule has 1 aliphatic rings. The van der Waals surface area contributed by atoms with E-state index in [0.717, 1.165) is 12.1 Å². The van der Waals surface area contributed by atoms with Crippen LogP contribution in [0, 0.1) is 0 Å². The molecule has 0 saturated heterocycles. The Bertz CT molecular complexity index is 1930. The SMILES string of the molecule is Nc1c(S(=O)(=O)O)cc(Nc2ccc(Nc3ccccc3)c(S(=O)(=O)O)c2)c2c1C(=O)c1ccccc1C2=O.[H-].[H-].[Na+].[Na+]. The van der Waals surface area contributed by atoms with Gasteiger partial charge in [0.05, 0.1) is 28.2 Å². The molecule has 0 aliphatic heterocycles. The van der Waals surface area contributed by atoms with E-state index in [0.29, 0.717) is 5.69 Å². The summed E-state index contributed by atoms with van der Waals surface area (Å²) in [5.41, 5.74) is 5.10. The third-order valence-corrected chi connectivity index (χ3v) is 7.86. The largest absolute Gasteiger partial charge is 1.00 e. The molecule has 4 aromatic carbocycles. The summed E-state index contributed by atoms with van der Waals surface area (Å²) in [5.74, 6) is -1.37. The first-order chi connectivity index (χ1) is 18.4. The van der Waals surface area contributed by atoms with Gasteiger partial charge in [0.2, 0.25) is 0 Å². The maximum atomic E-state index is 13.5. The molecule has 4 aromatic rings. The molecule has 202 valence electrons. The Morgan fingerprint density at radius 2 is 1.12 bits per heavy atom. The molecule has 0 saturated carbocycles. The Kier molecular flexibility index (Phi) is 9.93. The number of para-hydroxylation sites is 1. The minimum atomic E-state index is -4.95. The van der Waals surface area contributed by atoms with Crippen molar-refractivity contribution in [1.82, 2.24) is 0 Å². The number of nitrogen functional groups attached to an aromatic ring is 1. The first-order valence-corrected chi connectivity index (χ1v) is 14.1. The summed E-state index contributed by atoms with van der Waals surface area (Å²) in [5, 5.41) is 5.64. The molecule has 0 amide bonds. The van der Waals surface area contributed by atoms with E-state index in [9.17, 15) is 35.5 Å². The van der Waals surface area contributed by atoms with Crippen molar-refractivity contribution in [2.45, 2.75) is 9.79 Å². The average molecular weight is 614 g/mol. The van der Waals surface area contributed by atoms with Gasteiger partial charge < -0.3 is 19.2 Å². The van der Waals surface area contributed by atoms with E-state index in [-0.39, 0.29) is 95.7 Å². The number of ketones is 2. The molecule has 11 nitrogen and oxygen atoms in total. The number of nitrogens with one attached hydrogen (secondary N) is 2. The number of hydrogen-bond acceptors (Lipinski definition) is 9. The molecule has 6 N–H and O–H groups in total. The minimum absolute atomic E-state index is 0. The summed E-state index contributed by atoms with van der Waals surface area (Å²) >= 11 is 0. The van der Waals surface area contributed by atoms with Crippen LogP contribution in [-0.2, 0) is 20.2 Å². The van der Waals surface area contributed by atoms with E-state index >= 15 is 0 Å². The van der Waals surface area contributed by atoms with Crippen molar-refractivity contribution in [1.29, 1.82) is 0 Å². The molecule has 0 heterocycles. The summed E-state index contributed by atoms with van der Waals surface area (Å²) in [7, 11) is -9.71. The minimum Gasteiger partial charge on any atom is -1.00 e. The molecule has 0 atom stereocenters. The molecule has 0 fully saturated rings. The number of nitrogens with two attached hydrogens (primary N) is 1. The van der Waals surface area contributed by atoms with Crippen LogP contribution in [0.5, 0.6) is 0 Å². The molecular formula is C26H21N3Na2O8S2. The standard InChI is InChI=1S/C26H19N3O8S2.2Na.2H/c27-24-21(39(35,36)37)13-19(22-23(24)26(31)17-9-5-4-8-16(17)25(22)30)29-15-10-11-18(20(12-15)38(32,33)34)28-14-6-2-1-3-7-14;;;;/h1-13,28-29H,27H2,(H,32,33,34)(H,35,36,37);;;;/q;2*+1;2*-1. The van der Waals surface area contributed by atoms with Crippen LogP contribution < -0.4 is 75.5 Å². The van der Waals surface area contributed by atoms with Crippen molar-refractivity contribution < 1.29 is 97.5 Å². The molecule has 0 bridgehead atoms. The Balaban J connectivity index is 0.00000231. The zero-order valence-corrected chi connectivity index (χ0v) is 27.4. The Morgan fingerprint density at radius 3 is 1.68 bits per heavy atom. The second-order valence-electron chi connectivity index (χ2n) is 8.57. The third kappa shape index (κ3) is 6.44. The Morgan fingerprint density at radius 1 is 0.610 bits per heavy atom. The summed E-state index contributed by atoms with van der Waals surface area (Å²) in [6, 6.07) is 19.1. The quantitative estimate of drug-likeness (QED) is 0.0829. The molecule has 5 rings (SSSR count). The molecular weight excluding hydrogens is 592 g/mol. The molecule has 0 aromatic heterocycles. The van der Waals surface area contributed by atoms with E-state index < -0.39 is 52.8 Å². The predicted octanol–water partition coefficient (Wildman–Crippen LogP) is -1.74. The second-order valence-corrected chi connectivity index (χ2v) is 11.3. The van der Waals surface area contributed by atoms with Crippen LogP contribution in [0.4, 0.5) is 28.4 Å². The first-order valence-electron chi connectivity index (χ1n) is 11.2. The normalized spacial score (nSPS) is 12.3. The van der Waals surface area contributed by atoms with E-state index in [1.165, 1.54) is 30.3 Å². The fourth-order valence-electron chi connectivity index (χ4n) is 4.35. The van der Waals surface area contributed by atoms with Crippen LogP contribution >= 0.6 is 0 Å². The van der Waals surface area contributed by atoms with Crippen molar-refractivity contribution in [3.8, 4) is 0 Å². The monoisotopic (exact) mass is 613 g/mol. The number of rotatable bonds is 6. The smallest absolute Gasteiger partial charge is 1.00 e. The first kappa shape index (κ1) is 32.9. The molecule has 1 aliphatic carbocycles. The van der Waals surface area contributed by atoms with E-state index in [2.05, 4.69) is 10.6 Å². The third-order valence-electron chi connectivity index (χ3n) is 6.07. The van der Waals surface area contributed by atoms with Gasteiger partial charge >= 0.3 is 59.1 Å². The number of carbonyl (C=O) groups excluding carboxylic acids is 2. The predicted molar refractivity (Wildman–Crippen MR) is 145 cm³/mol. The van der Waals surface area contributed by atoms with Crippen LogP contribution in [-0.4, -0.2) is 37.5 Å². The van der Waals surface area contributed by atoms with Crippen LogP contribution in [0.15, 0.2) is 88.7 Å². The topological polar surface area (TPSA) is 193 Å². The molecule has 0 radical (unpaired) electrons. The summed E-state index contributed by atoms with van der Waals surface area (Å²) < 4.78 is 68.3. The molecule has 41 heavy (non-hydrogen) atoms. The van der Waals surface area contributed by atoms with Gasteiger partial charge in [-0.25, -0.2) is 0 Å². The van der Waals surface area contributed by atoms with Gasteiger partial charge in [0.25, 0.3) is 20.2 Å². The number of carbonyl (C=O) groups is 2. The van der Waals surface area contributed by atoms with E-state index in [1.54, 1.807) is 36.4 Å². The van der Waals surface area contributed by atoms with Gasteiger partial charge in [-0.05, 0) is 36.4 Å². The van der Waals surface area contributed by atoms with Gasteiger partial charge in [-0.2, -0.15) is 16.8 Å². The van der Waals surface area contributed by atoms with Crippen LogP contribution in [0.25, 0.3) is 0 Å². The fraction of sp³-hybridized carbons (Fsp3) is 0. The maximum Gasteiger partial charge on any atom is 1.00 e. The van der Waals surface area contributed by atoms with Crippen molar-refractivity contribution in [2.75, 3.05) is 16.4 Å². The Hall–Kier alpha value is -2.56. The number of fused-ring (bicyclic) bond motifs is 2. The zero-order valence-electron chi connectivity index (χ0n) is 23.7. The summed E-state index contributed by atoms with van der Waals surface area (Å²) in [6.45, 7) is 0. The van der Waals surface area contributed by atoms with Crippen LogP contribution in [0.1, 0.15) is 34.7 Å². The maximum absolute atomic E-state index is 13.5. The van der Waals surface area contributed by atoms with Gasteiger partial charge in [0.15, 0.2) is 11.6 Å². The van der Waals surface area contributed by atoms with Gasteiger partial charge in [-0.3, -0.25) is 18.7 Å². The van der Waals surface area contributed by atoms with E-state index in [1.807, 2.05) is 0 Å². The van der Waals surface area contributed by atoms with E-state index in [4.69, 9.17) is 5.73 Å². The van der Waals surface area contributed by atoms with Gasteiger partial charge in [0.1, 0.15) is 9.79 Å².